The van der Waals surface area contributed by atoms with Crippen LogP contribution in [0.25, 0.3) is 0 Å². The van der Waals surface area contributed by atoms with Crippen LogP contribution in [0.1, 0.15) is 45.1 Å². The van der Waals surface area contributed by atoms with Crippen molar-refractivity contribution >= 4 is 0 Å². The Hall–Kier alpha value is -0.890. The van der Waals surface area contributed by atoms with Gasteiger partial charge in [0.05, 0.1) is 0 Å². The number of halogens is 1. The summed E-state index contributed by atoms with van der Waals surface area (Å²) in [6, 6.07) is 7.88. The molecule has 0 amide bonds. The van der Waals surface area contributed by atoms with E-state index in [4.69, 9.17) is 0 Å². The van der Waals surface area contributed by atoms with E-state index in [0.29, 0.717) is 12.1 Å². The van der Waals surface area contributed by atoms with Crippen molar-refractivity contribution in [3.05, 3.63) is 35.6 Å². The van der Waals surface area contributed by atoms with Crippen LogP contribution in [-0.2, 0) is 6.42 Å². The molecule has 1 aromatic carbocycles. The van der Waals surface area contributed by atoms with Crippen LogP contribution >= 0.6 is 0 Å². The van der Waals surface area contributed by atoms with Crippen molar-refractivity contribution in [1.29, 1.82) is 0 Å². The average Bonchev–Trinajstić information content (AvgIpc) is 2.27. The third-order valence-corrected chi connectivity index (χ3v) is 3.94. The summed E-state index contributed by atoms with van der Waals surface area (Å²) in [7, 11) is 0. The Morgan fingerprint density at radius 3 is 2.39 bits per heavy atom. The van der Waals surface area contributed by atoms with Gasteiger partial charge >= 0.3 is 0 Å². The van der Waals surface area contributed by atoms with Gasteiger partial charge in [0.15, 0.2) is 0 Å². The smallest absolute Gasteiger partial charge is 0.123 e. The topological polar surface area (TPSA) is 12.0 Å². The van der Waals surface area contributed by atoms with E-state index >= 15 is 0 Å². The number of hydrogen-bond acceptors (Lipinski definition) is 1. The van der Waals surface area contributed by atoms with Crippen LogP contribution in [0.4, 0.5) is 4.39 Å². The van der Waals surface area contributed by atoms with Crippen LogP contribution in [0.15, 0.2) is 24.3 Å². The highest BCUT2D eigenvalue weighted by Gasteiger charge is 2.20. The van der Waals surface area contributed by atoms with Crippen molar-refractivity contribution in [2.75, 3.05) is 0 Å². The third-order valence-electron chi connectivity index (χ3n) is 3.94. The molecule has 0 spiro atoms. The minimum atomic E-state index is -0.155. The summed E-state index contributed by atoms with van der Waals surface area (Å²) >= 11 is 0. The van der Waals surface area contributed by atoms with Crippen LogP contribution < -0.4 is 5.32 Å². The maximum Gasteiger partial charge on any atom is 0.123 e. The molecule has 1 aliphatic rings. The first-order valence-electron chi connectivity index (χ1n) is 7.14. The summed E-state index contributed by atoms with van der Waals surface area (Å²) in [6.07, 6.45) is 6.52. The first kappa shape index (κ1) is 13.5. The molecule has 2 rings (SSSR count). The summed E-state index contributed by atoms with van der Waals surface area (Å²) in [5, 5.41) is 3.65. The highest BCUT2D eigenvalue weighted by atomic mass is 19.1. The van der Waals surface area contributed by atoms with Crippen molar-refractivity contribution < 1.29 is 4.39 Å². The zero-order chi connectivity index (χ0) is 13.0. The Bertz CT molecular complexity index is 356. The zero-order valence-corrected chi connectivity index (χ0v) is 11.5. The highest BCUT2D eigenvalue weighted by Crippen LogP contribution is 2.30. The summed E-state index contributed by atoms with van der Waals surface area (Å²) < 4.78 is 12.8. The number of benzene rings is 1. The van der Waals surface area contributed by atoms with Gasteiger partial charge in [-0.05, 0) is 50.3 Å². The second-order valence-electron chi connectivity index (χ2n) is 5.83. The quantitative estimate of drug-likeness (QED) is 0.805. The van der Waals surface area contributed by atoms with E-state index in [1.165, 1.54) is 31.2 Å². The molecular formula is C16H24FN. The van der Waals surface area contributed by atoms with Gasteiger partial charge in [0.2, 0.25) is 0 Å². The normalized spacial score (nSPS) is 19.3. The summed E-state index contributed by atoms with van der Waals surface area (Å²) in [5.41, 5.74) is 1.20. The first-order valence-corrected chi connectivity index (χ1v) is 7.14. The fourth-order valence-corrected chi connectivity index (χ4v) is 2.82. The Balaban J connectivity index is 1.73. The molecule has 0 bridgehead atoms. The van der Waals surface area contributed by atoms with E-state index in [0.717, 1.165) is 12.3 Å². The number of hydrogen-bond donors (Lipinski definition) is 1. The minimum absolute atomic E-state index is 0.155. The lowest BCUT2D eigenvalue weighted by Gasteiger charge is -2.30. The van der Waals surface area contributed by atoms with Gasteiger partial charge in [-0.3, -0.25) is 0 Å². The Labute approximate surface area is 110 Å². The molecule has 0 heterocycles. The second-order valence-corrected chi connectivity index (χ2v) is 5.83. The van der Waals surface area contributed by atoms with E-state index in [1.54, 1.807) is 12.1 Å². The van der Waals surface area contributed by atoms with Crippen molar-refractivity contribution in [3.8, 4) is 0 Å². The van der Waals surface area contributed by atoms with E-state index in [-0.39, 0.29) is 5.82 Å². The average molecular weight is 249 g/mol. The monoisotopic (exact) mass is 249 g/mol. The summed E-state index contributed by atoms with van der Waals surface area (Å²) in [4.78, 5) is 0. The standard InChI is InChI=1S/C16H24FN/c1-12(10-14-4-3-5-14)18-13(2)11-15-6-8-16(17)9-7-15/h6-9,12-14,18H,3-5,10-11H2,1-2H3. The summed E-state index contributed by atoms with van der Waals surface area (Å²) in [5.74, 6) is 0.795. The maximum atomic E-state index is 12.8. The van der Waals surface area contributed by atoms with E-state index in [9.17, 15) is 4.39 Å². The van der Waals surface area contributed by atoms with Gasteiger partial charge in [0.25, 0.3) is 0 Å². The highest BCUT2D eigenvalue weighted by molar-refractivity contribution is 5.17. The molecule has 0 radical (unpaired) electrons. The predicted octanol–water partition coefficient (Wildman–Crippen LogP) is 3.93. The lowest BCUT2D eigenvalue weighted by atomic mass is 9.81. The number of nitrogens with one attached hydrogen (secondary N) is 1. The van der Waals surface area contributed by atoms with Crippen LogP contribution in [0.2, 0.25) is 0 Å². The van der Waals surface area contributed by atoms with Crippen molar-refractivity contribution in [2.24, 2.45) is 5.92 Å². The van der Waals surface area contributed by atoms with E-state index in [2.05, 4.69) is 19.2 Å². The van der Waals surface area contributed by atoms with Gasteiger partial charge in [-0.25, -0.2) is 4.39 Å². The van der Waals surface area contributed by atoms with Crippen LogP contribution in [0.3, 0.4) is 0 Å². The lowest BCUT2D eigenvalue weighted by molar-refractivity contribution is 0.259. The molecule has 2 atom stereocenters. The van der Waals surface area contributed by atoms with Crippen molar-refractivity contribution in [3.63, 3.8) is 0 Å². The third kappa shape index (κ3) is 4.09. The molecule has 100 valence electrons. The van der Waals surface area contributed by atoms with Crippen LogP contribution in [0.5, 0.6) is 0 Å². The minimum Gasteiger partial charge on any atom is -0.311 e. The lowest BCUT2D eigenvalue weighted by Crippen LogP contribution is -2.37. The molecule has 18 heavy (non-hydrogen) atoms. The van der Waals surface area contributed by atoms with E-state index < -0.39 is 0 Å². The van der Waals surface area contributed by atoms with Crippen molar-refractivity contribution in [1.82, 2.24) is 5.32 Å². The number of rotatable bonds is 6. The first-order chi connectivity index (χ1) is 8.63. The Morgan fingerprint density at radius 2 is 1.83 bits per heavy atom. The Morgan fingerprint density at radius 1 is 1.17 bits per heavy atom. The molecule has 2 heteroatoms. The Kier molecular flexibility index (Phi) is 4.76. The van der Waals surface area contributed by atoms with Gasteiger partial charge in [-0.2, -0.15) is 0 Å². The molecule has 0 aliphatic heterocycles. The van der Waals surface area contributed by atoms with Crippen LogP contribution in [-0.4, -0.2) is 12.1 Å². The molecule has 1 nitrogen and oxygen atoms in total. The van der Waals surface area contributed by atoms with Gasteiger partial charge in [-0.1, -0.05) is 31.4 Å². The fourth-order valence-electron chi connectivity index (χ4n) is 2.82. The molecule has 0 saturated heterocycles. The molecule has 1 aliphatic carbocycles. The maximum absolute atomic E-state index is 12.8. The predicted molar refractivity (Wildman–Crippen MR) is 74.1 cm³/mol. The van der Waals surface area contributed by atoms with Gasteiger partial charge in [-0.15, -0.1) is 0 Å². The molecule has 1 N–H and O–H groups in total. The second kappa shape index (κ2) is 6.33. The molecule has 1 aromatic rings. The molecule has 2 unspecified atom stereocenters. The fraction of sp³-hybridized carbons (Fsp3) is 0.625. The molecular weight excluding hydrogens is 225 g/mol. The van der Waals surface area contributed by atoms with Crippen LogP contribution in [0, 0.1) is 11.7 Å². The SMILES string of the molecule is CC(Cc1ccc(F)cc1)NC(C)CC1CCC1. The van der Waals surface area contributed by atoms with E-state index in [1.807, 2.05) is 12.1 Å². The van der Waals surface area contributed by atoms with Gasteiger partial charge < -0.3 is 5.32 Å². The van der Waals surface area contributed by atoms with Gasteiger partial charge in [0, 0.05) is 12.1 Å². The molecule has 0 aromatic heterocycles. The van der Waals surface area contributed by atoms with Gasteiger partial charge in [0.1, 0.15) is 5.82 Å². The molecule has 1 fully saturated rings. The van der Waals surface area contributed by atoms with Crippen molar-refractivity contribution in [2.45, 2.75) is 58.0 Å². The summed E-state index contributed by atoms with van der Waals surface area (Å²) in [6.45, 7) is 4.49. The molecule has 1 saturated carbocycles. The zero-order valence-electron chi connectivity index (χ0n) is 11.5. The largest absolute Gasteiger partial charge is 0.311 e.